The van der Waals surface area contributed by atoms with Crippen LogP contribution in [0.4, 0.5) is 4.79 Å². The molecule has 17 heavy (non-hydrogen) atoms. The number of hydroxylamine groups is 1. The molecule has 1 aliphatic carbocycles. The van der Waals surface area contributed by atoms with E-state index in [1.54, 1.807) is 0 Å². The van der Waals surface area contributed by atoms with Gasteiger partial charge >= 0.3 is 12.1 Å². The first-order valence-corrected chi connectivity index (χ1v) is 5.34. The van der Waals surface area contributed by atoms with Crippen LogP contribution >= 0.6 is 0 Å². The van der Waals surface area contributed by atoms with E-state index in [1.807, 2.05) is 5.48 Å². The number of hydrogen-bond acceptors (Lipinski definition) is 6. The third kappa shape index (κ3) is 3.20. The molecule has 7 heteroatoms. The number of nitrogens with zero attached hydrogens (tertiary/aromatic N) is 1. The first-order chi connectivity index (χ1) is 8.25. The molecule has 1 saturated carbocycles. The number of amides is 1. The molecule has 2 rings (SSSR count). The van der Waals surface area contributed by atoms with E-state index in [0.717, 1.165) is 25.7 Å². The lowest BCUT2D eigenvalue weighted by molar-refractivity contribution is -0.154. The molecule has 1 aromatic rings. The van der Waals surface area contributed by atoms with Gasteiger partial charge < -0.3 is 14.1 Å². The Balaban J connectivity index is 1.70. The maximum atomic E-state index is 11.4. The van der Waals surface area contributed by atoms with Crippen LogP contribution in [0.5, 0.6) is 5.88 Å². The van der Waals surface area contributed by atoms with Gasteiger partial charge in [0, 0.05) is 6.07 Å². The standard InChI is InChI=1S/C10H12N2O5/c13-9(7-3-1-2-4-7)17-12-10(14)16-8-5-6-15-11-8/h5-7H,1-4H2,(H,12,14). The maximum absolute atomic E-state index is 11.4. The summed E-state index contributed by atoms with van der Waals surface area (Å²) in [7, 11) is 0. The van der Waals surface area contributed by atoms with Crippen molar-refractivity contribution in [2.24, 2.45) is 5.92 Å². The van der Waals surface area contributed by atoms with Gasteiger partial charge in [0.2, 0.25) is 0 Å². The van der Waals surface area contributed by atoms with E-state index in [9.17, 15) is 9.59 Å². The second kappa shape index (κ2) is 5.33. The van der Waals surface area contributed by atoms with Crippen molar-refractivity contribution in [1.82, 2.24) is 10.6 Å². The first kappa shape index (κ1) is 11.4. The van der Waals surface area contributed by atoms with Crippen LogP contribution in [-0.4, -0.2) is 17.2 Å². The molecule has 0 aliphatic heterocycles. The zero-order valence-electron chi connectivity index (χ0n) is 9.05. The van der Waals surface area contributed by atoms with Crippen molar-refractivity contribution in [3.63, 3.8) is 0 Å². The number of nitrogens with one attached hydrogen (secondary N) is 1. The maximum Gasteiger partial charge on any atom is 0.447 e. The summed E-state index contributed by atoms with van der Waals surface area (Å²) in [5.74, 6) is -0.554. The predicted molar refractivity (Wildman–Crippen MR) is 53.7 cm³/mol. The highest BCUT2D eigenvalue weighted by Gasteiger charge is 2.25. The molecule has 1 heterocycles. The molecule has 1 aromatic heterocycles. The number of carbonyl (C=O) groups is 2. The Hall–Kier alpha value is -2.05. The minimum Gasteiger partial charge on any atom is -0.386 e. The molecule has 92 valence electrons. The average molecular weight is 240 g/mol. The van der Waals surface area contributed by atoms with Gasteiger partial charge in [-0.1, -0.05) is 12.8 Å². The summed E-state index contributed by atoms with van der Waals surface area (Å²) in [6, 6.07) is 1.36. The van der Waals surface area contributed by atoms with Crippen LogP contribution in [0.25, 0.3) is 0 Å². The molecule has 1 fully saturated rings. The van der Waals surface area contributed by atoms with Crippen molar-refractivity contribution in [1.29, 1.82) is 0 Å². The summed E-state index contributed by atoms with van der Waals surface area (Å²) in [6.07, 6.45) is 3.99. The second-order valence-electron chi connectivity index (χ2n) is 3.73. The van der Waals surface area contributed by atoms with Gasteiger partial charge in [-0.3, -0.25) is 0 Å². The fourth-order valence-corrected chi connectivity index (χ4v) is 1.71. The van der Waals surface area contributed by atoms with E-state index in [0.29, 0.717) is 0 Å². The SMILES string of the molecule is O=C(NOC(=O)C1CCCC1)Oc1ccon1. The number of rotatable bonds is 2. The topological polar surface area (TPSA) is 90.7 Å². The molecule has 0 atom stereocenters. The number of carbonyl (C=O) groups excluding carboxylic acids is 2. The summed E-state index contributed by atoms with van der Waals surface area (Å²) >= 11 is 0. The van der Waals surface area contributed by atoms with Crippen LogP contribution in [0.15, 0.2) is 16.9 Å². The molecule has 0 bridgehead atoms. The van der Waals surface area contributed by atoms with Crippen LogP contribution in [0, 0.1) is 5.92 Å². The van der Waals surface area contributed by atoms with Gasteiger partial charge in [0.05, 0.1) is 5.92 Å². The Morgan fingerprint density at radius 2 is 2.18 bits per heavy atom. The highest BCUT2D eigenvalue weighted by Crippen LogP contribution is 2.25. The number of ether oxygens (including phenoxy) is 1. The lowest BCUT2D eigenvalue weighted by Gasteiger charge is -2.08. The van der Waals surface area contributed by atoms with Gasteiger partial charge in [0.15, 0.2) is 0 Å². The van der Waals surface area contributed by atoms with Crippen LogP contribution in [0.3, 0.4) is 0 Å². The van der Waals surface area contributed by atoms with Crippen molar-refractivity contribution in [2.45, 2.75) is 25.7 Å². The number of hydrogen-bond donors (Lipinski definition) is 1. The largest absolute Gasteiger partial charge is 0.447 e. The molecule has 1 aliphatic rings. The monoisotopic (exact) mass is 240 g/mol. The Bertz CT molecular complexity index is 383. The molecule has 0 saturated heterocycles. The Labute approximate surface area is 97.0 Å². The average Bonchev–Trinajstić information content (AvgIpc) is 2.97. The van der Waals surface area contributed by atoms with E-state index < -0.39 is 12.1 Å². The van der Waals surface area contributed by atoms with E-state index in [2.05, 4.69) is 19.3 Å². The third-order valence-corrected chi connectivity index (χ3v) is 2.53. The highest BCUT2D eigenvalue weighted by atomic mass is 16.7. The van der Waals surface area contributed by atoms with E-state index in [-0.39, 0.29) is 11.8 Å². The third-order valence-electron chi connectivity index (χ3n) is 2.53. The van der Waals surface area contributed by atoms with Gasteiger partial charge in [0.1, 0.15) is 6.26 Å². The lowest BCUT2D eigenvalue weighted by atomic mass is 10.1. The summed E-state index contributed by atoms with van der Waals surface area (Å²) in [5, 5.41) is 3.36. The van der Waals surface area contributed by atoms with Crippen LogP contribution < -0.4 is 10.2 Å². The molecule has 0 aromatic carbocycles. The lowest BCUT2D eigenvalue weighted by Crippen LogP contribution is -2.32. The minimum absolute atomic E-state index is 0.000541. The van der Waals surface area contributed by atoms with Gasteiger partial charge in [0.25, 0.3) is 5.88 Å². The van der Waals surface area contributed by atoms with Gasteiger partial charge in [-0.05, 0) is 18.0 Å². The smallest absolute Gasteiger partial charge is 0.386 e. The Morgan fingerprint density at radius 3 is 2.82 bits per heavy atom. The van der Waals surface area contributed by atoms with Crippen molar-refractivity contribution >= 4 is 12.1 Å². The van der Waals surface area contributed by atoms with Crippen molar-refractivity contribution in [2.75, 3.05) is 0 Å². The molecule has 0 spiro atoms. The predicted octanol–water partition coefficient (Wildman–Crippen LogP) is 1.41. The van der Waals surface area contributed by atoms with Gasteiger partial charge in [-0.25, -0.2) is 9.59 Å². The second-order valence-corrected chi connectivity index (χ2v) is 3.73. The van der Waals surface area contributed by atoms with Gasteiger partial charge in [-0.2, -0.15) is 0 Å². The number of aromatic nitrogens is 1. The fourth-order valence-electron chi connectivity index (χ4n) is 1.71. The molecular weight excluding hydrogens is 228 g/mol. The van der Waals surface area contributed by atoms with E-state index in [4.69, 9.17) is 0 Å². The van der Waals surface area contributed by atoms with Crippen molar-refractivity contribution in [3.8, 4) is 5.88 Å². The molecule has 0 unspecified atom stereocenters. The molecule has 0 radical (unpaired) electrons. The fraction of sp³-hybridized carbons (Fsp3) is 0.500. The Morgan fingerprint density at radius 1 is 1.41 bits per heavy atom. The zero-order chi connectivity index (χ0) is 12.1. The molecule has 7 nitrogen and oxygen atoms in total. The highest BCUT2D eigenvalue weighted by molar-refractivity contribution is 5.75. The Kier molecular flexibility index (Phi) is 3.59. The van der Waals surface area contributed by atoms with Crippen LogP contribution in [-0.2, 0) is 9.63 Å². The molecular formula is C10H12N2O5. The summed E-state index contributed by atoms with van der Waals surface area (Å²) in [5.41, 5.74) is 1.91. The summed E-state index contributed by atoms with van der Waals surface area (Å²) in [6.45, 7) is 0. The van der Waals surface area contributed by atoms with E-state index >= 15 is 0 Å². The van der Waals surface area contributed by atoms with E-state index in [1.165, 1.54) is 12.3 Å². The summed E-state index contributed by atoms with van der Waals surface area (Å²) in [4.78, 5) is 27.2. The zero-order valence-corrected chi connectivity index (χ0v) is 9.05. The molecule has 1 N–H and O–H groups in total. The summed E-state index contributed by atoms with van der Waals surface area (Å²) < 4.78 is 9.09. The normalized spacial score (nSPS) is 15.5. The quantitative estimate of drug-likeness (QED) is 0.786. The van der Waals surface area contributed by atoms with Crippen LogP contribution in [0.1, 0.15) is 25.7 Å². The van der Waals surface area contributed by atoms with Crippen LogP contribution in [0.2, 0.25) is 0 Å². The molecule has 1 amide bonds. The van der Waals surface area contributed by atoms with Crippen molar-refractivity contribution < 1.29 is 23.7 Å². The first-order valence-electron chi connectivity index (χ1n) is 5.34. The van der Waals surface area contributed by atoms with Crippen molar-refractivity contribution in [3.05, 3.63) is 12.3 Å². The van der Waals surface area contributed by atoms with Gasteiger partial charge in [-0.15, -0.1) is 5.48 Å². The minimum atomic E-state index is -0.912.